The molecule has 4 aromatic rings. The van der Waals surface area contributed by atoms with E-state index in [-0.39, 0.29) is 11.3 Å². The van der Waals surface area contributed by atoms with Crippen molar-refractivity contribution in [3.8, 4) is 22.8 Å². The molecule has 4 rings (SSSR count). The standard InChI is InChI=1S/C20H12F3N3/c1-11-6-7-17(20-24-10-12-4-2-3-5-16(12)26-20)25-19(11)14-8-13(21)9-15(22)18(14)23/h2-10H,1H3. The Morgan fingerprint density at radius 3 is 2.54 bits per heavy atom. The van der Waals surface area contributed by atoms with Crippen LogP contribution in [0.5, 0.6) is 0 Å². The summed E-state index contributed by atoms with van der Waals surface area (Å²) in [5.74, 6) is -2.91. The van der Waals surface area contributed by atoms with Gasteiger partial charge in [0.2, 0.25) is 0 Å². The summed E-state index contributed by atoms with van der Waals surface area (Å²) in [6.07, 6.45) is 1.67. The third-order valence-electron chi connectivity index (χ3n) is 4.06. The molecule has 0 radical (unpaired) electrons. The van der Waals surface area contributed by atoms with Gasteiger partial charge in [0, 0.05) is 23.2 Å². The average molecular weight is 351 g/mol. The minimum absolute atomic E-state index is 0.148. The molecule has 6 heteroatoms. The van der Waals surface area contributed by atoms with E-state index in [0.29, 0.717) is 23.1 Å². The number of pyridine rings is 1. The Balaban J connectivity index is 1.89. The molecule has 0 aliphatic carbocycles. The molecule has 0 fully saturated rings. The summed E-state index contributed by atoms with van der Waals surface area (Å²) in [6, 6.07) is 12.3. The maximum Gasteiger partial charge on any atom is 0.178 e. The number of benzene rings is 2. The molecule has 0 aliphatic rings. The van der Waals surface area contributed by atoms with E-state index < -0.39 is 17.5 Å². The second-order valence-corrected chi connectivity index (χ2v) is 5.86. The Morgan fingerprint density at radius 2 is 1.69 bits per heavy atom. The van der Waals surface area contributed by atoms with Gasteiger partial charge in [0.25, 0.3) is 0 Å². The Labute approximate surface area is 147 Å². The number of fused-ring (bicyclic) bond motifs is 1. The molecule has 0 amide bonds. The molecule has 0 unspecified atom stereocenters. The normalized spacial score (nSPS) is 11.1. The molecule has 2 aromatic heterocycles. The van der Waals surface area contributed by atoms with Crippen LogP contribution in [0.1, 0.15) is 5.56 Å². The summed E-state index contributed by atoms with van der Waals surface area (Å²) < 4.78 is 41.3. The highest BCUT2D eigenvalue weighted by Crippen LogP contribution is 2.29. The number of nitrogens with zero attached hydrogens (tertiary/aromatic N) is 3. The lowest BCUT2D eigenvalue weighted by Crippen LogP contribution is -1.99. The highest BCUT2D eigenvalue weighted by molar-refractivity contribution is 5.79. The zero-order valence-corrected chi connectivity index (χ0v) is 13.7. The Hall–Kier alpha value is -3.28. The smallest absolute Gasteiger partial charge is 0.178 e. The van der Waals surface area contributed by atoms with Crippen molar-refractivity contribution in [2.75, 3.05) is 0 Å². The predicted molar refractivity (Wildman–Crippen MR) is 92.8 cm³/mol. The summed E-state index contributed by atoms with van der Waals surface area (Å²) >= 11 is 0. The van der Waals surface area contributed by atoms with Gasteiger partial charge in [-0.3, -0.25) is 0 Å². The Morgan fingerprint density at radius 1 is 0.885 bits per heavy atom. The van der Waals surface area contributed by atoms with Crippen LogP contribution in [-0.4, -0.2) is 15.0 Å². The van der Waals surface area contributed by atoms with Crippen LogP contribution in [0.3, 0.4) is 0 Å². The van der Waals surface area contributed by atoms with Gasteiger partial charge in [-0.25, -0.2) is 28.1 Å². The van der Waals surface area contributed by atoms with Crippen LogP contribution in [0.4, 0.5) is 13.2 Å². The van der Waals surface area contributed by atoms with Crippen molar-refractivity contribution in [1.82, 2.24) is 15.0 Å². The van der Waals surface area contributed by atoms with Crippen molar-refractivity contribution in [3.05, 3.63) is 77.7 Å². The number of aromatic nitrogens is 3. The van der Waals surface area contributed by atoms with Crippen molar-refractivity contribution in [1.29, 1.82) is 0 Å². The molecule has 128 valence electrons. The minimum Gasteiger partial charge on any atom is -0.244 e. The number of para-hydroxylation sites is 1. The fraction of sp³-hybridized carbons (Fsp3) is 0.0500. The van der Waals surface area contributed by atoms with Gasteiger partial charge < -0.3 is 0 Å². The van der Waals surface area contributed by atoms with E-state index in [2.05, 4.69) is 15.0 Å². The largest absolute Gasteiger partial charge is 0.244 e. The van der Waals surface area contributed by atoms with Gasteiger partial charge >= 0.3 is 0 Å². The van der Waals surface area contributed by atoms with Crippen molar-refractivity contribution in [3.63, 3.8) is 0 Å². The highest BCUT2D eigenvalue weighted by Gasteiger charge is 2.17. The lowest BCUT2D eigenvalue weighted by Gasteiger charge is -2.10. The first-order chi connectivity index (χ1) is 12.5. The van der Waals surface area contributed by atoms with E-state index in [4.69, 9.17) is 0 Å². The molecule has 0 bridgehead atoms. The lowest BCUT2D eigenvalue weighted by molar-refractivity contribution is 0.497. The molecule has 26 heavy (non-hydrogen) atoms. The first-order valence-electron chi connectivity index (χ1n) is 7.87. The van der Waals surface area contributed by atoms with Crippen LogP contribution >= 0.6 is 0 Å². The number of hydrogen-bond donors (Lipinski definition) is 0. The van der Waals surface area contributed by atoms with Gasteiger partial charge in [-0.05, 0) is 30.7 Å². The Bertz CT molecular complexity index is 1140. The topological polar surface area (TPSA) is 38.7 Å². The second-order valence-electron chi connectivity index (χ2n) is 5.86. The number of aryl methyl sites for hydroxylation is 1. The van der Waals surface area contributed by atoms with Crippen LogP contribution in [0, 0.1) is 24.4 Å². The number of halogens is 3. The van der Waals surface area contributed by atoms with Crippen LogP contribution < -0.4 is 0 Å². The van der Waals surface area contributed by atoms with Gasteiger partial charge in [-0.15, -0.1) is 0 Å². The van der Waals surface area contributed by atoms with Gasteiger partial charge in [-0.2, -0.15) is 0 Å². The van der Waals surface area contributed by atoms with Crippen molar-refractivity contribution >= 4 is 10.9 Å². The van der Waals surface area contributed by atoms with Gasteiger partial charge in [0.1, 0.15) is 11.5 Å². The molecular formula is C20H12F3N3. The number of hydrogen-bond acceptors (Lipinski definition) is 3. The third-order valence-corrected chi connectivity index (χ3v) is 4.06. The molecule has 2 aromatic carbocycles. The van der Waals surface area contributed by atoms with E-state index in [9.17, 15) is 13.2 Å². The maximum atomic E-state index is 14.2. The first-order valence-corrected chi connectivity index (χ1v) is 7.87. The highest BCUT2D eigenvalue weighted by atomic mass is 19.2. The molecule has 0 saturated carbocycles. The summed E-state index contributed by atoms with van der Waals surface area (Å²) in [4.78, 5) is 13.1. The third kappa shape index (κ3) is 2.79. The van der Waals surface area contributed by atoms with E-state index in [1.165, 1.54) is 0 Å². The van der Waals surface area contributed by atoms with Gasteiger partial charge in [0.15, 0.2) is 17.5 Å². The van der Waals surface area contributed by atoms with E-state index in [1.54, 1.807) is 25.3 Å². The zero-order valence-electron chi connectivity index (χ0n) is 13.7. The average Bonchev–Trinajstić information content (AvgIpc) is 2.65. The van der Waals surface area contributed by atoms with Gasteiger partial charge in [0.05, 0.1) is 11.2 Å². The molecule has 0 N–H and O–H groups in total. The molecular weight excluding hydrogens is 339 g/mol. The summed E-state index contributed by atoms with van der Waals surface area (Å²) in [6.45, 7) is 1.69. The summed E-state index contributed by atoms with van der Waals surface area (Å²) in [5, 5.41) is 0.877. The zero-order chi connectivity index (χ0) is 18.3. The Kier molecular flexibility index (Phi) is 3.88. The van der Waals surface area contributed by atoms with Crippen LogP contribution in [0.25, 0.3) is 33.7 Å². The van der Waals surface area contributed by atoms with Crippen molar-refractivity contribution in [2.45, 2.75) is 6.92 Å². The van der Waals surface area contributed by atoms with Gasteiger partial charge in [-0.1, -0.05) is 24.3 Å². The minimum atomic E-state index is -1.26. The quantitative estimate of drug-likeness (QED) is 0.473. The van der Waals surface area contributed by atoms with E-state index in [0.717, 1.165) is 17.0 Å². The van der Waals surface area contributed by atoms with E-state index >= 15 is 0 Å². The van der Waals surface area contributed by atoms with Crippen molar-refractivity contribution < 1.29 is 13.2 Å². The summed E-state index contributed by atoms with van der Waals surface area (Å²) in [7, 11) is 0. The predicted octanol–water partition coefficient (Wildman–Crippen LogP) is 5.08. The molecule has 0 atom stereocenters. The SMILES string of the molecule is Cc1ccc(-c2ncc3ccccc3n2)nc1-c1cc(F)cc(F)c1F. The molecule has 3 nitrogen and oxygen atoms in total. The molecule has 0 spiro atoms. The summed E-state index contributed by atoms with van der Waals surface area (Å²) in [5.41, 5.74) is 1.63. The second kappa shape index (κ2) is 6.22. The fourth-order valence-electron chi connectivity index (χ4n) is 2.75. The first kappa shape index (κ1) is 16.2. The lowest BCUT2D eigenvalue weighted by atomic mass is 10.0. The maximum absolute atomic E-state index is 14.2. The monoisotopic (exact) mass is 351 g/mol. The molecule has 0 aliphatic heterocycles. The molecule has 2 heterocycles. The van der Waals surface area contributed by atoms with Crippen LogP contribution in [-0.2, 0) is 0 Å². The fourth-order valence-corrected chi connectivity index (χ4v) is 2.75. The van der Waals surface area contributed by atoms with E-state index in [1.807, 2.05) is 24.3 Å². The molecule has 0 saturated heterocycles. The van der Waals surface area contributed by atoms with Crippen LogP contribution in [0.15, 0.2) is 54.7 Å². The van der Waals surface area contributed by atoms with Crippen LogP contribution in [0.2, 0.25) is 0 Å². The van der Waals surface area contributed by atoms with Crippen molar-refractivity contribution in [2.24, 2.45) is 0 Å². The number of rotatable bonds is 2.